The van der Waals surface area contributed by atoms with Crippen molar-refractivity contribution in [3.8, 4) is 6.07 Å². The summed E-state index contributed by atoms with van der Waals surface area (Å²) in [5.74, 6) is -0.884. The first-order valence-corrected chi connectivity index (χ1v) is 6.91. The van der Waals surface area contributed by atoms with Gasteiger partial charge in [-0.05, 0) is 24.1 Å². The number of carbonyl (C=O) groups is 2. The van der Waals surface area contributed by atoms with Crippen LogP contribution in [0.4, 0.5) is 4.79 Å². The summed E-state index contributed by atoms with van der Waals surface area (Å²) in [5.41, 5.74) is 1.39. The first-order chi connectivity index (χ1) is 10.6. The quantitative estimate of drug-likeness (QED) is 0.568. The van der Waals surface area contributed by atoms with E-state index in [4.69, 9.17) is 10.4 Å². The van der Waals surface area contributed by atoms with E-state index in [2.05, 4.69) is 18.0 Å². The fourth-order valence-corrected chi connectivity index (χ4v) is 1.88. The molecule has 0 spiro atoms. The van der Waals surface area contributed by atoms with E-state index in [1.54, 1.807) is 29.2 Å². The Morgan fingerprint density at radius 2 is 2.23 bits per heavy atom. The van der Waals surface area contributed by atoms with E-state index in [0.717, 1.165) is 5.56 Å². The van der Waals surface area contributed by atoms with Gasteiger partial charge in [0.2, 0.25) is 0 Å². The lowest BCUT2D eigenvalue weighted by Gasteiger charge is -2.21. The van der Waals surface area contributed by atoms with Crippen LogP contribution < -0.4 is 5.32 Å². The molecule has 6 heteroatoms. The van der Waals surface area contributed by atoms with E-state index in [1.807, 2.05) is 6.07 Å². The molecule has 1 aromatic carbocycles. The molecule has 6 nitrogen and oxygen atoms in total. The van der Waals surface area contributed by atoms with Gasteiger partial charge in [-0.3, -0.25) is 4.79 Å². The molecule has 0 atom stereocenters. The fourth-order valence-electron chi connectivity index (χ4n) is 1.88. The number of rotatable bonds is 8. The number of carboxylic acids is 1. The zero-order valence-corrected chi connectivity index (χ0v) is 12.3. The second-order valence-corrected chi connectivity index (χ2v) is 4.71. The van der Waals surface area contributed by atoms with E-state index in [9.17, 15) is 9.59 Å². The molecule has 0 aliphatic rings. The molecule has 0 saturated heterocycles. The molecule has 0 unspecified atom stereocenters. The standard InChI is InChI=1S/C16H19N3O3/c1-2-9-19(16(22)18-8-4-7-15(20)21)12-14-6-3-5-13(10-14)11-17/h2-3,5-6,10H,1,4,7-9,12H2,(H,18,22)(H,20,21). The number of amides is 2. The normalized spacial score (nSPS) is 9.59. The number of benzene rings is 1. The summed E-state index contributed by atoms with van der Waals surface area (Å²) in [6.45, 7) is 4.64. The number of nitrogens with one attached hydrogen (secondary N) is 1. The maximum absolute atomic E-state index is 12.1. The third-order valence-corrected chi connectivity index (χ3v) is 2.91. The lowest BCUT2D eigenvalue weighted by Crippen LogP contribution is -2.40. The number of nitrogens with zero attached hydrogens (tertiary/aromatic N) is 2. The highest BCUT2D eigenvalue weighted by molar-refractivity contribution is 5.74. The van der Waals surface area contributed by atoms with Gasteiger partial charge in [-0.1, -0.05) is 18.2 Å². The van der Waals surface area contributed by atoms with Gasteiger partial charge in [0.1, 0.15) is 0 Å². The van der Waals surface area contributed by atoms with E-state index in [-0.39, 0.29) is 12.5 Å². The van der Waals surface area contributed by atoms with Crippen LogP contribution in [0.3, 0.4) is 0 Å². The summed E-state index contributed by atoms with van der Waals surface area (Å²) in [6.07, 6.45) is 2.02. The number of nitriles is 1. The molecule has 1 rings (SSSR count). The maximum atomic E-state index is 12.1. The van der Waals surface area contributed by atoms with Gasteiger partial charge >= 0.3 is 12.0 Å². The smallest absolute Gasteiger partial charge is 0.317 e. The molecule has 1 aromatic rings. The van der Waals surface area contributed by atoms with Gasteiger partial charge in [0.25, 0.3) is 0 Å². The van der Waals surface area contributed by atoms with E-state index in [1.165, 1.54) is 0 Å². The Morgan fingerprint density at radius 3 is 2.86 bits per heavy atom. The third-order valence-electron chi connectivity index (χ3n) is 2.91. The molecule has 0 aliphatic heterocycles. The number of carbonyl (C=O) groups excluding carboxylic acids is 1. The van der Waals surface area contributed by atoms with Gasteiger partial charge in [0, 0.05) is 26.1 Å². The zero-order valence-electron chi connectivity index (χ0n) is 12.3. The Morgan fingerprint density at radius 1 is 1.45 bits per heavy atom. The van der Waals surface area contributed by atoms with E-state index >= 15 is 0 Å². The summed E-state index contributed by atoms with van der Waals surface area (Å²) in [6, 6.07) is 8.82. The second-order valence-electron chi connectivity index (χ2n) is 4.71. The highest BCUT2D eigenvalue weighted by atomic mass is 16.4. The van der Waals surface area contributed by atoms with Crippen LogP contribution in [0.15, 0.2) is 36.9 Å². The Kier molecular flexibility index (Phi) is 7.20. The Hall–Kier alpha value is -2.81. The van der Waals surface area contributed by atoms with Gasteiger partial charge < -0.3 is 15.3 Å². The molecular weight excluding hydrogens is 282 g/mol. The van der Waals surface area contributed by atoms with Crippen LogP contribution in [-0.4, -0.2) is 35.1 Å². The van der Waals surface area contributed by atoms with Crippen LogP contribution in [0.2, 0.25) is 0 Å². The minimum Gasteiger partial charge on any atom is -0.481 e. The molecule has 22 heavy (non-hydrogen) atoms. The van der Waals surface area contributed by atoms with Gasteiger partial charge in [-0.2, -0.15) is 5.26 Å². The number of aliphatic carboxylic acids is 1. The first kappa shape index (κ1) is 17.2. The van der Waals surface area contributed by atoms with Crippen LogP contribution in [0.5, 0.6) is 0 Å². The molecule has 0 radical (unpaired) electrons. The summed E-state index contributed by atoms with van der Waals surface area (Å²) in [7, 11) is 0. The average molecular weight is 301 g/mol. The summed E-state index contributed by atoms with van der Waals surface area (Å²) < 4.78 is 0. The summed E-state index contributed by atoms with van der Waals surface area (Å²) in [5, 5.41) is 20.1. The van der Waals surface area contributed by atoms with Crippen LogP contribution in [-0.2, 0) is 11.3 Å². The van der Waals surface area contributed by atoms with Crippen LogP contribution in [0.25, 0.3) is 0 Å². The SMILES string of the molecule is C=CCN(Cc1cccc(C#N)c1)C(=O)NCCCC(=O)O. The Balaban J connectivity index is 2.60. The van der Waals surface area contributed by atoms with Gasteiger partial charge in [-0.15, -0.1) is 6.58 Å². The topological polar surface area (TPSA) is 93.4 Å². The van der Waals surface area contributed by atoms with Crippen molar-refractivity contribution in [3.05, 3.63) is 48.0 Å². The predicted octanol–water partition coefficient (Wildman–Crippen LogP) is 2.12. The van der Waals surface area contributed by atoms with Crippen LogP contribution in [0.1, 0.15) is 24.0 Å². The number of urea groups is 1. The van der Waals surface area contributed by atoms with Crippen molar-refractivity contribution in [1.82, 2.24) is 10.2 Å². The minimum absolute atomic E-state index is 0.0198. The molecule has 2 N–H and O–H groups in total. The Labute approximate surface area is 129 Å². The molecule has 0 heterocycles. The van der Waals surface area contributed by atoms with Crippen molar-refractivity contribution in [2.45, 2.75) is 19.4 Å². The monoisotopic (exact) mass is 301 g/mol. The second kappa shape index (κ2) is 9.19. The van der Waals surface area contributed by atoms with Gasteiger partial charge in [0.05, 0.1) is 11.6 Å². The van der Waals surface area contributed by atoms with Crippen LogP contribution >= 0.6 is 0 Å². The fraction of sp³-hybridized carbons (Fsp3) is 0.312. The molecule has 0 bridgehead atoms. The highest BCUT2D eigenvalue weighted by Crippen LogP contribution is 2.08. The van der Waals surface area contributed by atoms with E-state index < -0.39 is 5.97 Å². The lowest BCUT2D eigenvalue weighted by molar-refractivity contribution is -0.137. The van der Waals surface area contributed by atoms with Crippen LogP contribution in [0, 0.1) is 11.3 Å². The van der Waals surface area contributed by atoms with Crippen molar-refractivity contribution in [2.24, 2.45) is 0 Å². The molecule has 0 aliphatic carbocycles. The number of hydrogen-bond acceptors (Lipinski definition) is 3. The van der Waals surface area contributed by atoms with Crippen molar-refractivity contribution in [1.29, 1.82) is 5.26 Å². The van der Waals surface area contributed by atoms with E-state index in [0.29, 0.717) is 31.6 Å². The minimum atomic E-state index is -0.884. The van der Waals surface area contributed by atoms with Crippen molar-refractivity contribution in [2.75, 3.05) is 13.1 Å². The molecule has 0 aromatic heterocycles. The van der Waals surface area contributed by atoms with Crippen molar-refractivity contribution < 1.29 is 14.7 Å². The summed E-state index contributed by atoms with van der Waals surface area (Å²) in [4.78, 5) is 24.1. The highest BCUT2D eigenvalue weighted by Gasteiger charge is 2.12. The third kappa shape index (κ3) is 6.09. The molecule has 116 valence electrons. The molecule has 2 amide bonds. The van der Waals surface area contributed by atoms with Crippen molar-refractivity contribution in [3.63, 3.8) is 0 Å². The molecule has 0 fully saturated rings. The predicted molar refractivity (Wildman–Crippen MR) is 82.0 cm³/mol. The number of carboxylic acid groups (broad SMARTS) is 1. The van der Waals surface area contributed by atoms with Crippen molar-refractivity contribution >= 4 is 12.0 Å². The zero-order chi connectivity index (χ0) is 16.4. The lowest BCUT2D eigenvalue weighted by atomic mass is 10.1. The molecular formula is C16H19N3O3. The average Bonchev–Trinajstić information content (AvgIpc) is 2.51. The maximum Gasteiger partial charge on any atom is 0.317 e. The summed E-state index contributed by atoms with van der Waals surface area (Å²) >= 11 is 0. The first-order valence-electron chi connectivity index (χ1n) is 6.91. The molecule has 0 saturated carbocycles. The number of hydrogen-bond donors (Lipinski definition) is 2. The Bertz CT molecular complexity index is 578. The largest absolute Gasteiger partial charge is 0.481 e. The van der Waals surface area contributed by atoms with Gasteiger partial charge in [-0.25, -0.2) is 4.79 Å². The van der Waals surface area contributed by atoms with Gasteiger partial charge in [0.15, 0.2) is 0 Å².